The topological polar surface area (TPSA) is 152 Å². The fourth-order valence-corrected chi connectivity index (χ4v) is 10.3. The van der Waals surface area contributed by atoms with Crippen LogP contribution in [0.15, 0.2) is 48.0 Å². The highest BCUT2D eigenvalue weighted by Gasteiger charge is 2.54. The Morgan fingerprint density at radius 3 is 2.51 bits per heavy atom. The van der Waals surface area contributed by atoms with Crippen LogP contribution in [0.4, 0.5) is 0 Å². The maximum Gasteiger partial charge on any atom is 0.309 e. The number of carboxylic acid groups (broad SMARTS) is 1. The fraction of sp³-hybridized carbons (Fsp3) is 0.744. The molecule has 0 radical (unpaired) electrons. The van der Waals surface area contributed by atoms with Crippen LogP contribution >= 0.6 is 0 Å². The van der Waals surface area contributed by atoms with Gasteiger partial charge < -0.3 is 36.5 Å². The van der Waals surface area contributed by atoms with E-state index >= 15 is 0 Å². The summed E-state index contributed by atoms with van der Waals surface area (Å²) in [5.41, 5.74) is 8.96. The van der Waals surface area contributed by atoms with E-state index in [0.717, 1.165) is 82.9 Å². The molecule has 8 atom stereocenters. The number of carbonyl (C=O) groups is 1. The number of H-pyrrole nitrogens is 1. The van der Waals surface area contributed by atoms with Crippen LogP contribution in [0.2, 0.25) is 0 Å². The van der Waals surface area contributed by atoms with E-state index in [-0.39, 0.29) is 29.8 Å². The van der Waals surface area contributed by atoms with Gasteiger partial charge in [0, 0.05) is 24.4 Å². The molecule has 0 spiro atoms. The SMILES string of the molecule is CCCCC[C@@H]1C=C[C@@H](CCCCC[C@H](C(=O)O)[C@H](O)CC[C@]2(O)C[C@H](C3(C4=CCNC(N)=C4)CCCC3)C[C@H]2Cc2cc(CC)c[nH]2)[C@H](O)C1. The average Bonchev–Trinajstić information content (AvgIpc) is 3.86. The van der Waals surface area contributed by atoms with Crippen molar-refractivity contribution >= 4 is 5.97 Å². The molecule has 1 aromatic rings. The zero-order chi connectivity index (χ0) is 36.4. The number of unbranched alkanes of at least 4 members (excludes halogenated alkanes) is 4. The minimum atomic E-state index is -1.01. The number of dihydropyridines is 1. The van der Waals surface area contributed by atoms with Crippen molar-refractivity contribution in [1.82, 2.24) is 10.3 Å². The maximum absolute atomic E-state index is 12.5. The Labute approximate surface area is 307 Å². The minimum absolute atomic E-state index is 0.0121. The molecular weight excluding hydrogens is 638 g/mol. The number of hydrogen-bond acceptors (Lipinski definition) is 6. The summed E-state index contributed by atoms with van der Waals surface area (Å²) in [6, 6.07) is 2.21. The van der Waals surface area contributed by atoms with E-state index < -0.39 is 23.6 Å². The Bertz CT molecular complexity index is 1340. The first-order valence-electron chi connectivity index (χ1n) is 20.6. The van der Waals surface area contributed by atoms with E-state index in [1.54, 1.807) is 0 Å². The lowest BCUT2D eigenvalue weighted by Crippen LogP contribution is -2.38. The van der Waals surface area contributed by atoms with E-state index in [0.29, 0.717) is 36.9 Å². The van der Waals surface area contributed by atoms with Gasteiger partial charge in [0.05, 0.1) is 29.5 Å². The van der Waals surface area contributed by atoms with Crippen molar-refractivity contribution in [2.45, 2.75) is 160 Å². The van der Waals surface area contributed by atoms with Crippen molar-refractivity contribution in [3.05, 3.63) is 59.2 Å². The zero-order valence-electron chi connectivity index (χ0n) is 31.6. The molecule has 2 fully saturated rings. The quantitative estimate of drug-likeness (QED) is 0.0542. The summed E-state index contributed by atoms with van der Waals surface area (Å²) in [5.74, 6) is -0.129. The molecule has 1 aliphatic heterocycles. The Balaban J connectivity index is 1.18. The van der Waals surface area contributed by atoms with Crippen LogP contribution < -0.4 is 11.1 Å². The number of aliphatic hydroxyl groups is 3. The van der Waals surface area contributed by atoms with Gasteiger partial charge in [-0.15, -0.1) is 0 Å². The smallest absolute Gasteiger partial charge is 0.309 e. The third-order valence-corrected chi connectivity index (χ3v) is 13.5. The predicted octanol–water partition coefficient (Wildman–Crippen LogP) is 7.69. The van der Waals surface area contributed by atoms with Gasteiger partial charge in [0.1, 0.15) is 0 Å². The molecule has 5 rings (SSSR count). The standard InChI is InChI=1S/C43H69N3O5/c1-3-5-7-12-31-15-16-32(39(48)24-31)13-8-6-9-14-37(41(49)50)38(47)17-21-43(51)28-35(25-34(43)26-36-23-30(4-2)29-46-36)42(19-10-11-20-42)33-18-22-45-40(44)27-33/h15-16,18,23,27,29,31-32,34-35,37-39,45-48,51H,3-14,17,19-22,24-26,28,44H2,1-2H3,(H,49,50)/t31-,32-,34+,35-,37+,38-,39-,43+/m1/s1. The molecule has 0 aromatic carbocycles. The van der Waals surface area contributed by atoms with Crippen molar-refractivity contribution in [1.29, 1.82) is 0 Å². The van der Waals surface area contributed by atoms with Gasteiger partial charge in [-0.1, -0.05) is 83.4 Å². The number of allylic oxidation sites excluding steroid dienone is 3. The van der Waals surface area contributed by atoms with E-state index in [4.69, 9.17) is 5.73 Å². The lowest BCUT2D eigenvalue weighted by molar-refractivity contribution is -0.146. The molecule has 3 aliphatic carbocycles. The van der Waals surface area contributed by atoms with Crippen LogP contribution in [0, 0.1) is 35.0 Å². The Kier molecular flexibility index (Phi) is 14.4. The highest BCUT2D eigenvalue weighted by atomic mass is 16.4. The van der Waals surface area contributed by atoms with E-state index in [9.17, 15) is 25.2 Å². The molecule has 0 saturated heterocycles. The lowest BCUT2D eigenvalue weighted by atomic mass is 9.66. The van der Waals surface area contributed by atoms with Gasteiger partial charge in [-0.05, 0) is 123 Å². The van der Waals surface area contributed by atoms with Gasteiger partial charge in [-0.2, -0.15) is 0 Å². The molecule has 8 nitrogen and oxygen atoms in total. The summed E-state index contributed by atoms with van der Waals surface area (Å²) in [6.07, 6.45) is 27.7. The molecule has 51 heavy (non-hydrogen) atoms. The summed E-state index contributed by atoms with van der Waals surface area (Å²) < 4.78 is 0. The second-order valence-corrected chi connectivity index (χ2v) is 16.8. The molecule has 0 unspecified atom stereocenters. The highest BCUT2D eigenvalue weighted by Crippen LogP contribution is 2.60. The third kappa shape index (κ3) is 10.1. The van der Waals surface area contributed by atoms with Gasteiger partial charge in [0.2, 0.25) is 0 Å². The molecule has 8 N–H and O–H groups in total. The van der Waals surface area contributed by atoms with E-state index in [1.807, 2.05) is 0 Å². The van der Waals surface area contributed by atoms with Gasteiger partial charge in [0.15, 0.2) is 0 Å². The number of nitrogens with two attached hydrogens (primary N) is 1. The molecule has 2 saturated carbocycles. The molecule has 0 amide bonds. The van der Waals surface area contributed by atoms with Crippen LogP contribution in [-0.4, -0.2) is 55.7 Å². The van der Waals surface area contributed by atoms with Crippen LogP contribution in [0.1, 0.15) is 141 Å². The summed E-state index contributed by atoms with van der Waals surface area (Å²) in [4.78, 5) is 15.9. The zero-order valence-corrected chi connectivity index (χ0v) is 31.6. The summed E-state index contributed by atoms with van der Waals surface area (Å²) >= 11 is 0. The number of aliphatic carboxylic acids is 1. The van der Waals surface area contributed by atoms with E-state index in [2.05, 4.69) is 60.7 Å². The number of aliphatic hydroxyl groups excluding tert-OH is 2. The average molecular weight is 708 g/mol. The highest BCUT2D eigenvalue weighted by molar-refractivity contribution is 5.70. The van der Waals surface area contributed by atoms with Crippen LogP contribution in [0.5, 0.6) is 0 Å². The van der Waals surface area contributed by atoms with Crippen molar-refractivity contribution < 1.29 is 25.2 Å². The lowest BCUT2D eigenvalue weighted by Gasteiger charge is -2.39. The van der Waals surface area contributed by atoms with Crippen LogP contribution in [0.3, 0.4) is 0 Å². The van der Waals surface area contributed by atoms with Gasteiger partial charge in [0.25, 0.3) is 0 Å². The van der Waals surface area contributed by atoms with Gasteiger partial charge in [-0.25, -0.2) is 0 Å². The molecular formula is C43H69N3O5. The van der Waals surface area contributed by atoms with Crippen LogP contribution in [-0.2, 0) is 17.6 Å². The molecule has 286 valence electrons. The Morgan fingerprint density at radius 1 is 1.04 bits per heavy atom. The first-order chi connectivity index (χ1) is 24.6. The minimum Gasteiger partial charge on any atom is -0.481 e. The fourth-order valence-electron chi connectivity index (χ4n) is 10.3. The van der Waals surface area contributed by atoms with E-state index in [1.165, 1.54) is 43.2 Å². The van der Waals surface area contributed by atoms with Crippen molar-refractivity contribution in [3.63, 3.8) is 0 Å². The molecule has 4 aliphatic rings. The second kappa shape index (κ2) is 18.5. The number of nitrogens with one attached hydrogen (secondary N) is 2. The van der Waals surface area contributed by atoms with Gasteiger partial charge >= 0.3 is 5.97 Å². The number of aromatic amines is 1. The summed E-state index contributed by atoms with van der Waals surface area (Å²) in [7, 11) is 0. The largest absolute Gasteiger partial charge is 0.481 e. The normalized spacial score (nSPS) is 30.1. The third-order valence-electron chi connectivity index (χ3n) is 13.5. The number of aryl methyl sites for hydroxylation is 1. The molecule has 2 heterocycles. The maximum atomic E-state index is 12.5. The monoisotopic (exact) mass is 708 g/mol. The van der Waals surface area contributed by atoms with Crippen molar-refractivity contribution in [2.24, 2.45) is 40.7 Å². The van der Waals surface area contributed by atoms with Crippen molar-refractivity contribution in [2.75, 3.05) is 6.54 Å². The molecule has 0 bridgehead atoms. The van der Waals surface area contributed by atoms with Crippen molar-refractivity contribution in [3.8, 4) is 0 Å². The Morgan fingerprint density at radius 2 is 1.82 bits per heavy atom. The summed E-state index contributed by atoms with van der Waals surface area (Å²) in [6.45, 7) is 5.09. The second-order valence-electron chi connectivity index (χ2n) is 16.8. The first-order valence-corrected chi connectivity index (χ1v) is 20.6. The predicted molar refractivity (Wildman–Crippen MR) is 205 cm³/mol. The number of rotatable bonds is 20. The molecule has 8 heteroatoms. The Hall–Kier alpha value is -2.55. The molecule has 1 aromatic heterocycles. The number of hydrogen-bond donors (Lipinski definition) is 7. The van der Waals surface area contributed by atoms with Crippen LogP contribution in [0.25, 0.3) is 0 Å². The van der Waals surface area contributed by atoms with Gasteiger partial charge in [-0.3, -0.25) is 4.79 Å². The number of carboxylic acids is 1. The summed E-state index contributed by atoms with van der Waals surface area (Å²) in [5, 5.41) is 48.0. The number of aromatic nitrogens is 1. The first kappa shape index (κ1) is 39.7.